The van der Waals surface area contributed by atoms with Crippen LogP contribution in [0.3, 0.4) is 0 Å². The molecule has 1 spiro atoms. The number of methoxy groups -OCH3 is 1. The highest BCUT2D eigenvalue weighted by Gasteiger charge is 2.40. The number of nitrogens with one attached hydrogen (secondary N) is 2. The number of carbonyl (C=O) groups excluding carboxylic acids is 1. The van der Waals surface area contributed by atoms with Gasteiger partial charge in [0, 0.05) is 37.2 Å². The Bertz CT molecular complexity index is 1000. The highest BCUT2D eigenvalue weighted by Crippen LogP contribution is 2.31. The highest BCUT2D eigenvalue weighted by atomic mass is 19.4. The fourth-order valence-corrected chi connectivity index (χ4v) is 3.68. The molecule has 1 amide bonds. The summed E-state index contributed by atoms with van der Waals surface area (Å²) in [5.41, 5.74) is 3.29. The van der Waals surface area contributed by atoms with E-state index in [0.29, 0.717) is 48.8 Å². The van der Waals surface area contributed by atoms with Crippen LogP contribution in [-0.4, -0.2) is 55.5 Å². The molecule has 0 unspecified atom stereocenters. The second kappa shape index (κ2) is 9.28. The maximum absolute atomic E-state index is 12.4. The molecule has 0 aliphatic carbocycles. The molecule has 2 N–H and O–H groups in total. The second-order valence-electron chi connectivity index (χ2n) is 7.74. The predicted octanol–water partition coefficient (Wildman–Crippen LogP) is 3.31. The molecule has 0 radical (unpaired) electrons. The van der Waals surface area contributed by atoms with Gasteiger partial charge in [-0.25, -0.2) is 15.3 Å². The average molecular weight is 464 g/mol. The zero-order valence-corrected chi connectivity index (χ0v) is 17.8. The summed E-state index contributed by atoms with van der Waals surface area (Å²) in [5, 5.41) is 2.86. The van der Waals surface area contributed by atoms with Crippen molar-refractivity contribution in [2.45, 2.75) is 24.9 Å². The first kappa shape index (κ1) is 22.9. The number of likely N-dealkylation sites (tertiary alicyclic amines) is 1. The number of halogens is 3. The number of amides is 1. The highest BCUT2D eigenvalue weighted by molar-refractivity contribution is 5.99. The number of alkyl halides is 3. The van der Waals surface area contributed by atoms with E-state index in [4.69, 9.17) is 9.57 Å². The van der Waals surface area contributed by atoms with Gasteiger partial charge in [-0.15, -0.1) is 13.2 Å². The van der Waals surface area contributed by atoms with Gasteiger partial charge in [0.05, 0.1) is 13.7 Å². The molecule has 2 aromatic carbocycles. The van der Waals surface area contributed by atoms with Crippen LogP contribution in [0.2, 0.25) is 0 Å². The first-order chi connectivity index (χ1) is 15.7. The molecule has 2 aromatic rings. The van der Waals surface area contributed by atoms with Crippen molar-refractivity contribution < 1.29 is 32.3 Å². The van der Waals surface area contributed by atoms with E-state index in [0.717, 1.165) is 0 Å². The largest absolute Gasteiger partial charge is 0.573 e. The molecule has 0 aromatic heterocycles. The van der Waals surface area contributed by atoms with Crippen LogP contribution in [0.15, 0.2) is 53.5 Å². The molecule has 0 bridgehead atoms. The van der Waals surface area contributed by atoms with Crippen LogP contribution < -0.4 is 20.3 Å². The summed E-state index contributed by atoms with van der Waals surface area (Å²) in [7, 11) is 1.58. The smallest absolute Gasteiger partial charge is 0.497 e. The van der Waals surface area contributed by atoms with Gasteiger partial charge in [-0.1, -0.05) is 0 Å². The number of hydrogen-bond acceptors (Lipinski definition) is 7. The maximum Gasteiger partial charge on any atom is 0.573 e. The van der Waals surface area contributed by atoms with E-state index in [1.165, 1.54) is 24.3 Å². The first-order valence-electron chi connectivity index (χ1n) is 10.3. The van der Waals surface area contributed by atoms with E-state index in [-0.39, 0.29) is 18.2 Å². The number of benzene rings is 2. The van der Waals surface area contributed by atoms with Crippen molar-refractivity contribution in [3.8, 4) is 11.5 Å². The molecule has 2 aliphatic rings. The Kier molecular flexibility index (Phi) is 6.43. The summed E-state index contributed by atoms with van der Waals surface area (Å²) in [5.74, 6) is 0.734. The molecule has 2 aliphatic heterocycles. The molecule has 0 saturated carbocycles. The minimum atomic E-state index is -4.74. The van der Waals surface area contributed by atoms with Crippen molar-refractivity contribution in [1.29, 1.82) is 0 Å². The number of rotatable bonds is 6. The first-order valence-corrected chi connectivity index (χ1v) is 10.3. The third kappa shape index (κ3) is 5.93. The molecule has 33 heavy (non-hydrogen) atoms. The number of piperidine rings is 1. The van der Waals surface area contributed by atoms with Crippen LogP contribution in [0.1, 0.15) is 18.4 Å². The summed E-state index contributed by atoms with van der Waals surface area (Å²) < 4.78 is 45.9. The van der Waals surface area contributed by atoms with Crippen molar-refractivity contribution in [3.05, 3.63) is 54.1 Å². The lowest BCUT2D eigenvalue weighted by Crippen LogP contribution is -2.46. The minimum Gasteiger partial charge on any atom is -0.497 e. The van der Waals surface area contributed by atoms with Gasteiger partial charge < -0.3 is 14.8 Å². The SMILES string of the molecule is COc1ccc(NC(=O)CN2CCC3(CC2)N=C(c2ccc(OC(F)(F)F)cc2)NO3)cc1. The van der Waals surface area contributed by atoms with Gasteiger partial charge in [0.15, 0.2) is 11.6 Å². The number of nitrogens with zero attached hydrogens (tertiary/aromatic N) is 2. The Balaban J connectivity index is 1.29. The summed E-state index contributed by atoms with van der Waals surface area (Å²) in [6.07, 6.45) is -3.61. The second-order valence-corrected chi connectivity index (χ2v) is 7.74. The van der Waals surface area contributed by atoms with Gasteiger partial charge in [-0.3, -0.25) is 9.69 Å². The van der Waals surface area contributed by atoms with E-state index in [1.54, 1.807) is 31.4 Å². The molecule has 176 valence electrons. The Morgan fingerprint density at radius 3 is 2.36 bits per heavy atom. The Morgan fingerprint density at radius 1 is 1.12 bits per heavy atom. The summed E-state index contributed by atoms with van der Waals surface area (Å²) in [6.45, 7) is 1.45. The number of anilines is 1. The van der Waals surface area contributed by atoms with Crippen molar-refractivity contribution in [2.75, 3.05) is 32.1 Å². The number of ether oxygens (including phenoxy) is 2. The van der Waals surface area contributed by atoms with Gasteiger partial charge >= 0.3 is 6.36 Å². The summed E-state index contributed by atoms with van der Waals surface area (Å²) >= 11 is 0. The molecule has 1 saturated heterocycles. The lowest BCUT2D eigenvalue weighted by molar-refractivity contribution is -0.274. The average Bonchev–Trinajstić information content (AvgIpc) is 3.19. The quantitative estimate of drug-likeness (QED) is 0.683. The van der Waals surface area contributed by atoms with E-state index < -0.39 is 12.1 Å². The lowest BCUT2D eigenvalue weighted by Gasteiger charge is -2.35. The maximum atomic E-state index is 12.4. The van der Waals surface area contributed by atoms with Crippen molar-refractivity contribution in [1.82, 2.24) is 10.4 Å². The monoisotopic (exact) mass is 464 g/mol. The third-order valence-corrected chi connectivity index (χ3v) is 5.39. The zero-order valence-electron chi connectivity index (χ0n) is 17.8. The van der Waals surface area contributed by atoms with Crippen LogP contribution in [0, 0.1) is 0 Å². The van der Waals surface area contributed by atoms with Gasteiger partial charge in [-0.05, 0) is 48.5 Å². The molecule has 8 nitrogen and oxygen atoms in total. The molecule has 4 rings (SSSR count). The zero-order chi connectivity index (χ0) is 23.5. The molecular weight excluding hydrogens is 441 g/mol. The number of amidine groups is 1. The Labute approximate surface area is 188 Å². The molecular formula is C22H23F3N4O4. The number of hydrogen-bond donors (Lipinski definition) is 2. The van der Waals surface area contributed by atoms with E-state index in [9.17, 15) is 18.0 Å². The standard InChI is InChI=1S/C22H23F3N4O4/c1-31-17-8-4-16(5-9-17)26-19(30)14-29-12-10-21(11-13-29)27-20(28-33-21)15-2-6-18(7-3-15)32-22(23,24)25/h2-9H,10-14H2,1H3,(H,26,30)(H,27,28). The van der Waals surface area contributed by atoms with Crippen LogP contribution in [-0.2, 0) is 9.63 Å². The number of aliphatic imine (C=N–C) groups is 1. The predicted molar refractivity (Wildman–Crippen MR) is 114 cm³/mol. The van der Waals surface area contributed by atoms with E-state index in [2.05, 4.69) is 20.5 Å². The van der Waals surface area contributed by atoms with Crippen LogP contribution >= 0.6 is 0 Å². The lowest BCUT2D eigenvalue weighted by atomic mass is 10.0. The van der Waals surface area contributed by atoms with Crippen LogP contribution in [0.25, 0.3) is 0 Å². The van der Waals surface area contributed by atoms with Crippen LogP contribution in [0.4, 0.5) is 18.9 Å². The van der Waals surface area contributed by atoms with Crippen molar-refractivity contribution in [2.24, 2.45) is 4.99 Å². The molecule has 0 atom stereocenters. The summed E-state index contributed by atoms with van der Waals surface area (Å²) in [6, 6.07) is 12.5. The van der Waals surface area contributed by atoms with Crippen molar-refractivity contribution >= 4 is 17.4 Å². The topological polar surface area (TPSA) is 84.4 Å². The fraction of sp³-hybridized carbons (Fsp3) is 0.364. The normalized spacial score (nSPS) is 17.9. The third-order valence-electron chi connectivity index (χ3n) is 5.39. The van der Waals surface area contributed by atoms with E-state index >= 15 is 0 Å². The summed E-state index contributed by atoms with van der Waals surface area (Å²) in [4.78, 5) is 24.7. The molecule has 2 heterocycles. The molecule has 1 fully saturated rings. The van der Waals surface area contributed by atoms with Gasteiger partial charge in [-0.2, -0.15) is 0 Å². The van der Waals surface area contributed by atoms with Gasteiger partial charge in [0.1, 0.15) is 11.5 Å². The van der Waals surface area contributed by atoms with Gasteiger partial charge in [0.25, 0.3) is 0 Å². The van der Waals surface area contributed by atoms with E-state index in [1.807, 2.05) is 4.90 Å². The number of carbonyl (C=O) groups is 1. The fourth-order valence-electron chi connectivity index (χ4n) is 3.68. The minimum absolute atomic E-state index is 0.119. The van der Waals surface area contributed by atoms with Crippen molar-refractivity contribution in [3.63, 3.8) is 0 Å². The Hall–Kier alpha value is -3.31. The molecule has 11 heteroatoms. The number of hydroxylamine groups is 1. The van der Waals surface area contributed by atoms with Crippen LogP contribution in [0.5, 0.6) is 11.5 Å². The van der Waals surface area contributed by atoms with Gasteiger partial charge in [0.2, 0.25) is 5.91 Å². The Morgan fingerprint density at radius 2 is 1.76 bits per heavy atom.